The van der Waals surface area contributed by atoms with Crippen LogP contribution in [0.3, 0.4) is 0 Å². The molecule has 0 bridgehead atoms. The third kappa shape index (κ3) is 11.8. The van der Waals surface area contributed by atoms with Gasteiger partial charge in [-0.25, -0.2) is 4.79 Å². The number of aliphatic hydroxyl groups is 1. The molecule has 1 aromatic carbocycles. The van der Waals surface area contributed by atoms with E-state index in [9.17, 15) is 34.2 Å². The Morgan fingerprint density at radius 3 is 1.89 bits per heavy atom. The molecule has 13 nitrogen and oxygen atoms in total. The summed E-state index contributed by atoms with van der Waals surface area (Å²) in [5.74, 6) is -4.95. The molecule has 0 aliphatic heterocycles. The zero-order valence-corrected chi connectivity index (χ0v) is 20.8. The first-order chi connectivity index (χ1) is 17.5. The van der Waals surface area contributed by atoms with Crippen molar-refractivity contribution in [2.45, 2.75) is 75.7 Å². The van der Waals surface area contributed by atoms with Crippen LogP contribution in [0.5, 0.6) is 0 Å². The standard InChI is InChI=1S/C24H37N5O8/c1-14(30)20(26)23(35)28-17(10-11-19(31)32)22(34)27-16(9-5-6-12-25)21(33)29-18(24(36)37)13-15-7-3-2-4-8-15/h2-4,7-8,14,16-18,20,30H,5-6,9-13,25-26H2,1H3,(H,27,34)(H,28,35)(H,29,33)(H,31,32)(H,36,37). The highest BCUT2D eigenvalue weighted by Gasteiger charge is 2.31. The lowest BCUT2D eigenvalue weighted by Crippen LogP contribution is -2.58. The Morgan fingerprint density at radius 2 is 1.38 bits per heavy atom. The van der Waals surface area contributed by atoms with Crippen LogP contribution in [-0.2, 0) is 30.4 Å². The Morgan fingerprint density at radius 1 is 0.838 bits per heavy atom. The predicted molar refractivity (Wildman–Crippen MR) is 133 cm³/mol. The number of aliphatic hydroxyl groups excluding tert-OH is 1. The van der Waals surface area contributed by atoms with Crippen LogP contribution in [0.4, 0.5) is 0 Å². The van der Waals surface area contributed by atoms with Crippen LogP contribution < -0.4 is 27.4 Å². The molecule has 1 aromatic rings. The van der Waals surface area contributed by atoms with Crippen molar-refractivity contribution >= 4 is 29.7 Å². The van der Waals surface area contributed by atoms with Crippen molar-refractivity contribution in [2.24, 2.45) is 11.5 Å². The zero-order valence-electron chi connectivity index (χ0n) is 20.8. The van der Waals surface area contributed by atoms with Gasteiger partial charge < -0.3 is 42.7 Å². The summed E-state index contributed by atoms with van der Waals surface area (Å²) in [5.41, 5.74) is 11.8. The van der Waals surface area contributed by atoms with Crippen molar-refractivity contribution in [1.82, 2.24) is 16.0 Å². The maximum Gasteiger partial charge on any atom is 0.326 e. The van der Waals surface area contributed by atoms with E-state index in [0.717, 1.165) is 0 Å². The fourth-order valence-electron chi connectivity index (χ4n) is 3.38. The zero-order chi connectivity index (χ0) is 28.0. The third-order valence-electron chi connectivity index (χ3n) is 5.58. The van der Waals surface area contributed by atoms with E-state index in [4.69, 9.17) is 16.6 Å². The van der Waals surface area contributed by atoms with E-state index in [1.807, 2.05) is 0 Å². The molecule has 0 heterocycles. The van der Waals surface area contributed by atoms with E-state index in [1.54, 1.807) is 30.3 Å². The first kappa shape index (κ1) is 31.5. The second-order valence-electron chi connectivity index (χ2n) is 8.69. The normalized spacial score (nSPS) is 14.9. The molecule has 0 saturated heterocycles. The number of carbonyl (C=O) groups is 5. The van der Waals surface area contributed by atoms with Gasteiger partial charge in [-0.2, -0.15) is 0 Å². The summed E-state index contributed by atoms with van der Waals surface area (Å²) in [7, 11) is 0. The van der Waals surface area contributed by atoms with Gasteiger partial charge >= 0.3 is 11.9 Å². The smallest absolute Gasteiger partial charge is 0.326 e. The van der Waals surface area contributed by atoms with Gasteiger partial charge in [0.05, 0.1) is 6.10 Å². The van der Waals surface area contributed by atoms with Gasteiger partial charge in [-0.3, -0.25) is 19.2 Å². The van der Waals surface area contributed by atoms with Crippen molar-refractivity contribution in [2.75, 3.05) is 6.54 Å². The molecular weight excluding hydrogens is 486 g/mol. The van der Waals surface area contributed by atoms with Crippen molar-refractivity contribution in [1.29, 1.82) is 0 Å². The molecule has 10 N–H and O–H groups in total. The molecule has 13 heteroatoms. The number of hydrogen-bond acceptors (Lipinski definition) is 8. The van der Waals surface area contributed by atoms with Crippen LogP contribution in [0, 0.1) is 0 Å². The minimum Gasteiger partial charge on any atom is -0.481 e. The fraction of sp³-hybridized carbons (Fsp3) is 0.542. The monoisotopic (exact) mass is 523 g/mol. The van der Waals surface area contributed by atoms with Crippen LogP contribution in [0.2, 0.25) is 0 Å². The number of benzene rings is 1. The van der Waals surface area contributed by atoms with Gasteiger partial charge in [0.25, 0.3) is 0 Å². The van der Waals surface area contributed by atoms with Gasteiger partial charge in [0.1, 0.15) is 24.2 Å². The highest BCUT2D eigenvalue weighted by molar-refractivity contribution is 5.94. The Kier molecular flexibility index (Phi) is 13.8. The van der Waals surface area contributed by atoms with E-state index in [0.29, 0.717) is 24.9 Å². The van der Waals surface area contributed by atoms with Crippen molar-refractivity contribution in [3.05, 3.63) is 35.9 Å². The highest BCUT2D eigenvalue weighted by Crippen LogP contribution is 2.08. The number of amides is 3. The molecule has 1 rings (SSSR count). The minimum absolute atomic E-state index is 0.0138. The second kappa shape index (κ2) is 16.2. The first-order valence-corrected chi connectivity index (χ1v) is 12.0. The lowest BCUT2D eigenvalue weighted by atomic mass is 10.0. The number of hydrogen-bond donors (Lipinski definition) is 8. The van der Waals surface area contributed by atoms with Crippen molar-refractivity contribution in [3.8, 4) is 0 Å². The maximum atomic E-state index is 13.0. The number of unbranched alkanes of at least 4 members (excludes halogenated alkanes) is 1. The lowest BCUT2D eigenvalue weighted by Gasteiger charge is -2.25. The van der Waals surface area contributed by atoms with Crippen LogP contribution in [-0.4, -0.2) is 81.8 Å². The van der Waals surface area contributed by atoms with E-state index in [-0.39, 0.29) is 19.3 Å². The SMILES string of the molecule is CC(O)C(N)C(=O)NC(CCC(=O)O)C(=O)NC(CCCCN)C(=O)NC(Cc1ccccc1)C(=O)O. The summed E-state index contributed by atoms with van der Waals surface area (Å²) in [6.45, 7) is 1.62. The number of carboxylic acids is 2. The molecule has 0 fully saturated rings. The molecule has 0 saturated carbocycles. The third-order valence-corrected chi connectivity index (χ3v) is 5.58. The topological polar surface area (TPSA) is 234 Å². The van der Waals surface area contributed by atoms with Gasteiger partial charge in [-0.05, 0) is 44.7 Å². The van der Waals surface area contributed by atoms with Crippen LogP contribution in [0.15, 0.2) is 30.3 Å². The lowest BCUT2D eigenvalue weighted by molar-refractivity contribution is -0.142. The summed E-state index contributed by atoms with van der Waals surface area (Å²) in [6.07, 6.45) is -0.888. The van der Waals surface area contributed by atoms with Gasteiger partial charge in [-0.15, -0.1) is 0 Å². The molecule has 37 heavy (non-hydrogen) atoms. The molecule has 5 atom stereocenters. The molecule has 0 aliphatic rings. The molecule has 3 amide bonds. The average molecular weight is 524 g/mol. The second-order valence-corrected chi connectivity index (χ2v) is 8.69. The number of aliphatic carboxylic acids is 2. The molecule has 0 spiro atoms. The molecule has 206 valence electrons. The number of rotatable bonds is 17. The van der Waals surface area contributed by atoms with E-state index >= 15 is 0 Å². The molecule has 0 aliphatic carbocycles. The largest absolute Gasteiger partial charge is 0.481 e. The van der Waals surface area contributed by atoms with Crippen LogP contribution in [0.1, 0.15) is 44.6 Å². The van der Waals surface area contributed by atoms with Gasteiger partial charge in [-0.1, -0.05) is 30.3 Å². The Bertz CT molecular complexity index is 912. The number of nitrogens with two attached hydrogens (primary N) is 2. The molecular formula is C24H37N5O8. The van der Waals surface area contributed by atoms with E-state index in [1.165, 1.54) is 6.92 Å². The van der Waals surface area contributed by atoms with Crippen LogP contribution in [0.25, 0.3) is 0 Å². The van der Waals surface area contributed by atoms with Gasteiger partial charge in [0.2, 0.25) is 17.7 Å². The number of carboxylic acid groups (broad SMARTS) is 2. The van der Waals surface area contributed by atoms with Crippen molar-refractivity contribution in [3.63, 3.8) is 0 Å². The predicted octanol–water partition coefficient (Wildman–Crippen LogP) is -1.53. The fourth-order valence-corrected chi connectivity index (χ4v) is 3.38. The number of nitrogens with one attached hydrogen (secondary N) is 3. The molecule has 0 radical (unpaired) electrons. The summed E-state index contributed by atoms with van der Waals surface area (Å²) < 4.78 is 0. The van der Waals surface area contributed by atoms with E-state index in [2.05, 4.69) is 16.0 Å². The summed E-state index contributed by atoms with van der Waals surface area (Å²) >= 11 is 0. The minimum atomic E-state index is -1.36. The van der Waals surface area contributed by atoms with Gasteiger partial charge in [0.15, 0.2) is 0 Å². The molecule has 0 aromatic heterocycles. The highest BCUT2D eigenvalue weighted by atomic mass is 16.4. The maximum absolute atomic E-state index is 13.0. The van der Waals surface area contributed by atoms with Gasteiger partial charge in [0, 0.05) is 12.8 Å². The summed E-state index contributed by atoms with van der Waals surface area (Å²) in [6, 6.07) is 3.51. The Balaban J connectivity index is 3.04. The van der Waals surface area contributed by atoms with Crippen molar-refractivity contribution < 1.29 is 39.3 Å². The summed E-state index contributed by atoms with van der Waals surface area (Å²) in [5, 5.41) is 35.4. The average Bonchev–Trinajstić information content (AvgIpc) is 2.85. The quantitative estimate of drug-likeness (QED) is 0.110. The Labute approximate surface area is 215 Å². The van der Waals surface area contributed by atoms with E-state index < -0.39 is 66.4 Å². The summed E-state index contributed by atoms with van der Waals surface area (Å²) in [4.78, 5) is 61.2. The van der Waals surface area contributed by atoms with Crippen LogP contribution >= 0.6 is 0 Å². The first-order valence-electron chi connectivity index (χ1n) is 12.0. The Hall–Kier alpha value is -3.55. The number of carbonyl (C=O) groups excluding carboxylic acids is 3. The molecule has 5 unspecified atom stereocenters.